The van der Waals surface area contributed by atoms with E-state index in [2.05, 4.69) is 6.92 Å². The second-order valence-corrected chi connectivity index (χ2v) is 7.97. The Morgan fingerprint density at radius 2 is 1.57 bits per heavy atom. The molecule has 0 saturated heterocycles. The summed E-state index contributed by atoms with van der Waals surface area (Å²) in [6.07, 6.45) is 9.04. The van der Waals surface area contributed by atoms with Gasteiger partial charge in [-0.25, -0.2) is 8.42 Å². The summed E-state index contributed by atoms with van der Waals surface area (Å²) in [6, 6.07) is 4.56. The molecule has 0 aliphatic rings. The van der Waals surface area contributed by atoms with Crippen molar-refractivity contribution in [1.29, 1.82) is 0 Å². The van der Waals surface area contributed by atoms with Gasteiger partial charge in [0.05, 0.1) is 15.7 Å². The van der Waals surface area contributed by atoms with Crippen LogP contribution in [0.3, 0.4) is 0 Å². The van der Waals surface area contributed by atoms with Gasteiger partial charge in [-0.1, -0.05) is 63.5 Å². The summed E-state index contributed by atoms with van der Waals surface area (Å²) in [4.78, 5) is 0.196. The van der Waals surface area contributed by atoms with E-state index in [1.807, 2.05) is 0 Å². The van der Waals surface area contributed by atoms with E-state index in [-0.39, 0.29) is 15.7 Å². The molecule has 0 bridgehead atoms. The number of halogens is 1. The normalized spacial score (nSPS) is 11.7. The molecule has 0 atom stereocenters. The van der Waals surface area contributed by atoms with Crippen molar-refractivity contribution in [3.05, 3.63) is 23.2 Å². The first kappa shape index (κ1) is 18.3. The van der Waals surface area contributed by atoms with Gasteiger partial charge in [0.25, 0.3) is 0 Å². The van der Waals surface area contributed by atoms with E-state index in [1.54, 1.807) is 6.07 Å². The average molecular weight is 332 g/mol. The fourth-order valence-electron chi connectivity index (χ4n) is 2.31. The lowest BCUT2D eigenvalue weighted by atomic mass is 10.1. The third-order valence-corrected chi connectivity index (χ3v) is 5.83. The minimum absolute atomic E-state index is 0.158. The zero-order valence-electron chi connectivity index (χ0n) is 12.8. The van der Waals surface area contributed by atoms with Gasteiger partial charge in [0.1, 0.15) is 0 Å². The molecule has 1 rings (SSSR count). The van der Waals surface area contributed by atoms with Crippen LogP contribution < -0.4 is 5.73 Å². The summed E-state index contributed by atoms with van der Waals surface area (Å²) >= 11 is 5.97. The molecule has 3 nitrogen and oxygen atoms in total. The first-order chi connectivity index (χ1) is 9.97. The Labute approximate surface area is 133 Å². The minimum atomic E-state index is -3.30. The molecule has 0 aliphatic carbocycles. The van der Waals surface area contributed by atoms with Gasteiger partial charge < -0.3 is 5.73 Å². The van der Waals surface area contributed by atoms with Crippen LogP contribution in [-0.2, 0) is 9.84 Å². The Morgan fingerprint density at radius 3 is 2.14 bits per heavy atom. The topological polar surface area (TPSA) is 60.2 Å². The van der Waals surface area contributed by atoms with Crippen LogP contribution in [0.25, 0.3) is 0 Å². The minimum Gasteiger partial charge on any atom is -0.399 e. The summed E-state index contributed by atoms with van der Waals surface area (Å²) < 4.78 is 24.4. The number of hydrogen-bond donors (Lipinski definition) is 1. The highest BCUT2D eigenvalue weighted by atomic mass is 35.5. The highest BCUT2D eigenvalue weighted by molar-refractivity contribution is 7.91. The van der Waals surface area contributed by atoms with Crippen molar-refractivity contribution in [2.24, 2.45) is 0 Å². The number of anilines is 1. The van der Waals surface area contributed by atoms with Crippen molar-refractivity contribution < 1.29 is 8.42 Å². The van der Waals surface area contributed by atoms with Gasteiger partial charge in [-0.05, 0) is 24.6 Å². The Kier molecular flexibility index (Phi) is 8.12. The first-order valence-electron chi connectivity index (χ1n) is 7.75. The Balaban J connectivity index is 2.33. The molecule has 0 heterocycles. The molecule has 120 valence electrons. The largest absolute Gasteiger partial charge is 0.399 e. The van der Waals surface area contributed by atoms with Crippen LogP contribution in [0.1, 0.15) is 58.3 Å². The standard InChI is InChI=1S/C16H26ClNO2S/c1-2-3-4-5-6-7-8-9-12-21(19,20)16-11-10-14(18)13-15(16)17/h10-11,13H,2-9,12,18H2,1H3. The van der Waals surface area contributed by atoms with Crippen LogP contribution in [0.5, 0.6) is 0 Å². The van der Waals surface area contributed by atoms with Gasteiger partial charge in [-0.15, -0.1) is 0 Å². The predicted molar refractivity (Wildman–Crippen MR) is 90.5 cm³/mol. The Bertz CT molecular complexity index is 529. The van der Waals surface area contributed by atoms with E-state index in [0.717, 1.165) is 12.8 Å². The number of unbranched alkanes of at least 4 members (excludes halogenated alkanes) is 7. The molecule has 0 saturated carbocycles. The summed E-state index contributed by atoms with van der Waals surface area (Å²) in [7, 11) is -3.30. The van der Waals surface area contributed by atoms with Gasteiger partial charge in [0, 0.05) is 5.69 Å². The van der Waals surface area contributed by atoms with Crippen LogP contribution in [-0.4, -0.2) is 14.2 Å². The Hall–Kier alpha value is -0.740. The summed E-state index contributed by atoms with van der Waals surface area (Å²) in [5, 5.41) is 0.217. The molecule has 2 N–H and O–H groups in total. The average Bonchev–Trinajstić information content (AvgIpc) is 2.41. The molecular formula is C16H26ClNO2S. The highest BCUT2D eigenvalue weighted by Crippen LogP contribution is 2.25. The third-order valence-electron chi connectivity index (χ3n) is 3.56. The molecule has 0 radical (unpaired) electrons. The molecule has 5 heteroatoms. The quantitative estimate of drug-likeness (QED) is 0.493. The second kappa shape index (κ2) is 9.31. The second-order valence-electron chi connectivity index (χ2n) is 5.48. The van der Waals surface area contributed by atoms with Crippen molar-refractivity contribution in [1.82, 2.24) is 0 Å². The fraction of sp³-hybridized carbons (Fsp3) is 0.625. The summed E-state index contributed by atoms with van der Waals surface area (Å²) in [5.74, 6) is 0.158. The number of hydrogen-bond acceptors (Lipinski definition) is 3. The van der Waals surface area contributed by atoms with Crippen LogP contribution >= 0.6 is 11.6 Å². The molecule has 0 aliphatic heterocycles. The lowest BCUT2D eigenvalue weighted by Gasteiger charge is -2.07. The van der Waals surface area contributed by atoms with E-state index in [9.17, 15) is 8.42 Å². The lowest BCUT2D eigenvalue weighted by Crippen LogP contribution is -2.07. The van der Waals surface area contributed by atoms with Crippen LogP contribution in [0.15, 0.2) is 23.1 Å². The van der Waals surface area contributed by atoms with Crippen molar-refractivity contribution >= 4 is 27.1 Å². The van der Waals surface area contributed by atoms with Gasteiger partial charge >= 0.3 is 0 Å². The van der Waals surface area contributed by atoms with E-state index in [0.29, 0.717) is 12.1 Å². The molecule has 0 aromatic heterocycles. The maximum absolute atomic E-state index is 12.2. The zero-order valence-corrected chi connectivity index (χ0v) is 14.3. The van der Waals surface area contributed by atoms with E-state index < -0.39 is 9.84 Å². The van der Waals surface area contributed by atoms with E-state index in [1.165, 1.54) is 44.2 Å². The van der Waals surface area contributed by atoms with Crippen LogP contribution in [0.2, 0.25) is 5.02 Å². The van der Waals surface area contributed by atoms with Crippen molar-refractivity contribution in [2.75, 3.05) is 11.5 Å². The van der Waals surface area contributed by atoms with E-state index in [4.69, 9.17) is 17.3 Å². The van der Waals surface area contributed by atoms with E-state index >= 15 is 0 Å². The molecule has 0 fully saturated rings. The smallest absolute Gasteiger partial charge is 0.179 e. The first-order valence-corrected chi connectivity index (χ1v) is 9.78. The maximum Gasteiger partial charge on any atom is 0.179 e. The number of sulfone groups is 1. The molecule has 1 aromatic carbocycles. The molecule has 21 heavy (non-hydrogen) atoms. The zero-order chi connectivity index (χ0) is 15.7. The van der Waals surface area contributed by atoms with Crippen molar-refractivity contribution in [3.8, 4) is 0 Å². The fourth-order valence-corrected chi connectivity index (χ4v) is 4.28. The molecular weight excluding hydrogens is 306 g/mol. The van der Waals surface area contributed by atoms with Crippen LogP contribution in [0.4, 0.5) is 5.69 Å². The van der Waals surface area contributed by atoms with Gasteiger partial charge in [0.2, 0.25) is 0 Å². The molecule has 0 amide bonds. The van der Waals surface area contributed by atoms with Crippen molar-refractivity contribution in [2.45, 2.75) is 63.2 Å². The molecule has 1 aromatic rings. The summed E-state index contributed by atoms with van der Waals surface area (Å²) in [5.41, 5.74) is 6.06. The number of nitrogen functional groups attached to an aromatic ring is 1. The highest BCUT2D eigenvalue weighted by Gasteiger charge is 2.17. The third kappa shape index (κ3) is 6.70. The summed E-state index contributed by atoms with van der Waals surface area (Å²) in [6.45, 7) is 2.20. The Morgan fingerprint density at radius 1 is 1.00 bits per heavy atom. The number of rotatable bonds is 10. The SMILES string of the molecule is CCCCCCCCCCS(=O)(=O)c1ccc(N)cc1Cl. The predicted octanol–water partition coefficient (Wildman–Crippen LogP) is 4.84. The van der Waals surface area contributed by atoms with Crippen molar-refractivity contribution in [3.63, 3.8) is 0 Å². The monoisotopic (exact) mass is 331 g/mol. The van der Waals surface area contributed by atoms with Gasteiger partial charge in [0.15, 0.2) is 9.84 Å². The van der Waals surface area contributed by atoms with Crippen LogP contribution in [0, 0.1) is 0 Å². The maximum atomic E-state index is 12.2. The van der Waals surface area contributed by atoms with Gasteiger partial charge in [-0.2, -0.15) is 0 Å². The number of nitrogens with two attached hydrogens (primary N) is 1. The lowest BCUT2D eigenvalue weighted by molar-refractivity contribution is 0.572. The number of benzene rings is 1. The molecule has 0 spiro atoms. The molecule has 0 unspecified atom stereocenters. The van der Waals surface area contributed by atoms with Gasteiger partial charge in [-0.3, -0.25) is 0 Å².